The summed E-state index contributed by atoms with van der Waals surface area (Å²) in [4.78, 5) is 15.9. The number of aromatic nitrogens is 2. The third kappa shape index (κ3) is 4.69. The molecule has 8 heteroatoms. The van der Waals surface area contributed by atoms with E-state index in [9.17, 15) is 4.79 Å². The SMILES string of the molecule is CC(C)c1onc(-c2c(Cl)cccc2Cl)c1CNc1nc2ccc(-c3cccc(C=O)c3)cc2s1. The summed E-state index contributed by atoms with van der Waals surface area (Å²) in [6.45, 7) is 4.57. The highest BCUT2D eigenvalue weighted by atomic mass is 35.5. The van der Waals surface area contributed by atoms with Crippen LogP contribution in [0.1, 0.15) is 41.4 Å². The van der Waals surface area contributed by atoms with Crippen molar-refractivity contribution in [2.45, 2.75) is 26.3 Å². The Hall–Kier alpha value is -3.19. The van der Waals surface area contributed by atoms with Gasteiger partial charge in [-0.2, -0.15) is 0 Å². The number of benzene rings is 3. The average Bonchev–Trinajstić information content (AvgIpc) is 3.46. The van der Waals surface area contributed by atoms with Gasteiger partial charge >= 0.3 is 0 Å². The smallest absolute Gasteiger partial charge is 0.184 e. The highest BCUT2D eigenvalue weighted by Crippen LogP contribution is 2.39. The second-order valence-corrected chi connectivity index (χ2v) is 10.3. The molecule has 0 fully saturated rings. The predicted octanol–water partition coefficient (Wildman–Crippen LogP) is 8.47. The molecule has 0 radical (unpaired) electrons. The molecule has 0 saturated heterocycles. The Morgan fingerprint density at radius 3 is 2.51 bits per heavy atom. The number of rotatable bonds is 7. The normalized spacial score (nSPS) is 11.3. The number of carbonyl (C=O) groups excluding carboxylic acids is 1. The van der Waals surface area contributed by atoms with Crippen molar-refractivity contribution in [1.29, 1.82) is 0 Å². The Labute approximate surface area is 216 Å². The first-order valence-corrected chi connectivity index (χ1v) is 12.6. The first-order chi connectivity index (χ1) is 16.9. The van der Waals surface area contributed by atoms with Crippen molar-refractivity contribution in [3.05, 3.63) is 87.6 Å². The van der Waals surface area contributed by atoms with Gasteiger partial charge in [-0.3, -0.25) is 4.79 Å². The topological polar surface area (TPSA) is 68.0 Å². The zero-order chi connectivity index (χ0) is 24.5. The highest BCUT2D eigenvalue weighted by molar-refractivity contribution is 7.22. The first kappa shape index (κ1) is 23.5. The molecule has 0 atom stereocenters. The van der Waals surface area contributed by atoms with Gasteiger partial charge in [0.2, 0.25) is 0 Å². The van der Waals surface area contributed by atoms with Crippen molar-refractivity contribution >= 4 is 56.2 Å². The largest absolute Gasteiger partial charge is 0.360 e. The molecule has 2 heterocycles. The summed E-state index contributed by atoms with van der Waals surface area (Å²) < 4.78 is 6.75. The maximum atomic E-state index is 11.2. The molecule has 5 rings (SSSR count). The zero-order valence-electron chi connectivity index (χ0n) is 19.0. The van der Waals surface area contributed by atoms with Gasteiger partial charge in [-0.25, -0.2) is 4.98 Å². The van der Waals surface area contributed by atoms with Crippen molar-refractivity contribution in [2.24, 2.45) is 0 Å². The summed E-state index contributed by atoms with van der Waals surface area (Å²) in [7, 11) is 0. The number of carbonyl (C=O) groups is 1. The second kappa shape index (κ2) is 9.82. The summed E-state index contributed by atoms with van der Waals surface area (Å²) in [6, 6.07) is 19.1. The molecule has 0 spiro atoms. The number of hydrogen-bond donors (Lipinski definition) is 1. The van der Waals surface area contributed by atoms with Crippen molar-refractivity contribution in [3.8, 4) is 22.4 Å². The van der Waals surface area contributed by atoms with E-state index in [0.29, 0.717) is 33.4 Å². The molecule has 0 aliphatic heterocycles. The van der Waals surface area contributed by atoms with Crippen LogP contribution in [0, 0.1) is 0 Å². The van der Waals surface area contributed by atoms with Crippen LogP contribution in [0.4, 0.5) is 5.13 Å². The van der Waals surface area contributed by atoms with Crippen LogP contribution in [0.3, 0.4) is 0 Å². The van der Waals surface area contributed by atoms with E-state index in [-0.39, 0.29) is 5.92 Å². The standard InChI is InChI=1S/C27H21Cl2N3O2S/c1-15(2)26-19(25(32-34-26)24-20(28)7-4-8-21(24)29)13-30-27-31-22-10-9-18(12-23(22)35-27)17-6-3-5-16(11-17)14-33/h3-12,14-15H,13H2,1-2H3,(H,30,31). The van der Waals surface area contributed by atoms with Gasteiger partial charge in [-0.05, 0) is 41.5 Å². The van der Waals surface area contributed by atoms with E-state index in [2.05, 4.69) is 30.4 Å². The Balaban J connectivity index is 1.45. The first-order valence-electron chi connectivity index (χ1n) is 11.1. The number of aldehydes is 1. The Bertz CT molecular complexity index is 1520. The lowest BCUT2D eigenvalue weighted by Gasteiger charge is -2.09. The summed E-state index contributed by atoms with van der Waals surface area (Å²) in [6.07, 6.45) is 0.858. The van der Waals surface area contributed by atoms with E-state index in [1.54, 1.807) is 35.6 Å². The van der Waals surface area contributed by atoms with Gasteiger partial charge in [0.15, 0.2) is 5.13 Å². The Kier molecular flexibility index (Phi) is 6.60. The molecular formula is C27H21Cl2N3O2S. The molecule has 0 bridgehead atoms. The molecule has 2 aromatic heterocycles. The van der Waals surface area contributed by atoms with Gasteiger partial charge in [-0.15, -0.1) is 0 Å². The van der Waals surface area contributed by atoms with E-state index in [4.69, 9.17) is 32.7 Å². The van der Waals surface area contributed by atoms with Crippen molar-refractivity contribution in [2.75, 3.05) is 5.32 Å². The van der Waals surface area contributed by atoms with E-state index in [1.807, 2.05) is 30.3 Å². The molecule has 35 heavy (non-hydrogen) atoms. The minimum Gasteiger partial charge on any atom is -0.360 e. The number of thiazole rings is 1. The number of halogens is 2. The van der Waals surface area contributed by atoms with E-state index in [0.717, 1.165) is 44.1 Å². The van der Waals surface area contributed by atoms with E-state index in [1.165, 1.54) is 0 Å². The summed E-state index contributed by atoms with van der Waals surface area (Å²) >= 11 is 14.5. The number of hydrogen-bond acceptors (Lipinski definition) is 6. The van der Waals surface area contributed by atoms with Crippen LogP contribution in [0.2, 0.25) is 10.0 Å². The molecule has 0 aliphatic carbocycles. The number of fused-ring (bicyclic) bond motifs is 1. The molecular weight excluding hydrogens is 501 g/mol. The third-order valence-corrected chi connectivity index (χ3v) is 7.31. The van der Waals surface area contributed by atoms with E-state index >= 15 is 0 Å². The van der Waals surface area contributed by atoms with Crippen LogP contribution in [-0.4, -0.2) is 16.4 Å². The van der Waals surface area contributed by atoms with Crippen LogP contribution in [-0.2, 0) is 6.54 Å². The van der Waals surface area contributed by atoms with Gasteiger partial charge in [0, 0.05) is 29.2 Å². The Morgan fingerprint density at radius 1 is 1.03 bits per heavy atom. The second-order valence-electron chi connectivity index (χ2n) is 8.42. The zero-order valence-corrected chi connectivity index (χ0v) is 21.3. The van der Waals surface area contributed by atoms with Crippen LogP contribution in [0.5, 0.6) is 0 Å². The molecule has 0 aliphatic rings. The number of nitrogens with zero attached hydrogens (tertiary/aromatic N) is 2. The average molecular weight is 522 g/mol. The van der Waals surface area contributed by atoms with Crippen LogP contribution in [0.15, 0.2) is 65.2 Å². The molecule has 3 aromatic carbocycles. The van der Waals surface area contributed by atoms with Crippen molar-refractivity contribution in [1.82, 2.24) is 10.1 Å². The fourth-order valence-electron chi connectivity index (χ4n) is 4.00. The molecule has 176 valence electrons. The fourth-order valence-corrected chi connectivity index (χ4v) is 5.48. The molecule has 5 nitrogen and oxygen atoms in total. The molecule has 1 N–H and O–H groups in total. The molecule has 0 unspecified atom stereocenters. The Morgan fingerprint density at radius 2 is 1.77 bits per heavy atom. The minimum absolute atomic E-state index is 0.134. The maximum absolute atomic E-state index is 11.2. The van der Waals surface area contributed by atoms with Crippen LogP contribution >= 0.6 is 34.5 Å². The fraction of sp³-hybridized carbons (Fsp3) is 0.148. The lowest BCUT2D eigenvalue weighted by atomic mass is 10.0. The highest BCUT2D eigenvalue weighted by Gasteiger charge is 2.23. The molecule has 0 saturated carbocycles. The number of anilines is 1. The summed E-state index contributed by atoms with van der Waals surface area (Å²) in [5.41, 5.74) is 5.78. The monoisotopic (exact) mass is 521 g/mol. The van der Waals surface area contributed by atoms with Gasteiger partial charge in [0.25, 0.3) is 0 Å². The minimum atomic E-state index is 0.134. The summed E-state index contributed by atoms with van der Waals surface area (Å²) in [5.74, 6) is 0.913. The van der Waals surface area contributed by atoms with Crippen molar-refractivity contribution in [3.63, 3.8) is 0 Å². The van der Waals surface area contributed by atoms with Crippen molar-refractivity contribution < 1.29 is 9.32 Å². The van der Waals surface area contributed by atoms with E-state index < -0.39 is 0 Å². The van der Waals surface area contributed by atoms with Gasteiger partial charge in [-0.1, -0.05) is 83.9 Å². The van der Waals surface area contributed by atoms with Gasteiger partial charge < -0.3 is 9.84 Å². The third-order valence-electron chi connectivity index (χ3n) is 5.70. The number of nitrogens with one attached hydrogen (secondary N) is 1. The molecule has 5 aromatic rings. The van der Waals surface area contributed by atoms with Gasteiger partial charge in [0.05, 0.1) is 20.3 Å². The quantitative estimate of drug-likeness (QED) is 0.217. The lowest BCUT2D eigenvalue weighted by Crippen LogP contribution is -2.03. The van der Waals surface area contributed by atoms with Crippen LogP contribution in [0.25, 0.3) is 32.6 Å². The summed E-state index contributed by atoms with van der Waals surface area (Å²) in [5, 5.41) is 9.58. The van der Waals surface area contributed by atoms with Crippen LogP contribution < -0.4 is 5.32 Å². The van der Waals surface area contributed by atoms with Gasteiger partial charge in [0.1, 0.15) is 17.7 Å². The maximum Gasteiger partial charge on any atom is 0.184 e. The predicted molar refractivity (Wildman–Crippen MR) is 144 cm³/mol. The lowest BCUT2D eigenvalue weighted by molar-refractivity contribution is 0.112. The molecule has 0 amide bonds.